The lowest BCUT2D eigenvalue weighted by Gasteiger charge is -2.45. The minimum atomic E-state index is -0.0260. The van der Waals surface area contributed by atoms with Gasteiger partial charge in [0, 0.05) is 22.6 Å². The molecule has 0 atom stereocenters. The van der Waals surface area contributed by atoms with Crippen LogP contribution < -0.4 is 0 Å². The number of fused-ring (bicyclic) bond motifs is 1. The molecule has 1 aliphatic rings. The molecule has 0 amide bonds. The van der Waals surface area contributed by atoms with E-state index in [9.17, 15) is 0 Å². The molecule has 0 N–H and O–H groups in total. The Kier molecular flexibility index (Phi) is 4.77. The zero-order valence-corrected chi connectivity index (χ0v) is 19.6. The van der Waals surface area contributed by atoms with Crippen molar-refractivity contribution in [2.24, 2.45) is 0 Å². The predicted molar refractivity (Wildman–Crippen MR) is 129 cm³/mol. The molecule has 1 aromatic heterocycles. The first-order valence-electron chi connectivity index (χ1n) is 10.9. The third-order valence-electron chi connectivity index (χ3n) is 7.61. The Hall–Kier alpha value is -2.67. The number of aryl methyl sites for hydroxylation is 2. The van der Waals surface area contributed by atoms with E-state index in [2.05, 4.69) is 104 Å². The minimum Gasteiger partial charge on any atom is -0.256 e. The summed E-state index contributed by atoms with van der Waals surface area (Å²) in [5.41, 5.74) is 13.3. The van der Waals surface area contributed by atoms with Crippen molar-refractivity contribution in [1.82, 2.24) is 4.98 Å². The van der Waals surface area contributed by atoms with Crippen molar-refractivity contribution in [2.45, 2.75) is 66.2 Å². The summed E-state index contributed by atoms with van der Waals surface area (Å²) in [5.74, 6) is 0. The van der Waals surface area contributed by atoms with Gasteiger partial charge in [-0.05, 0) is 73.2 Å². The summed E-state index contributed by atoms with van der Waals surface area (Å²) in [5, 5.41) is 0. The van der Waals surface area contributed by atoms with Gasteiger partial charge >= 0.3 is 0 Å². The molecule has 2 aromatic carbocycles. The van der Waals surface area contributed by atoms with E-state index in [0.717, 1.165) is 5.69 Å². The lowest BCUT2D eigenvalue weighted by molar-refractivity contribution is 0.505. The molecule has 1 heteroatoms. The molecule has 1 aliphatic carbocycles. The van der Waals surface area contributed by atoms with E-state index < -0.39 is 0 Å². The predicted octanol–water partition coefficient (Wildman–Crippen LogP) is 7.94. The van der Waals surface area contributed by atoms with Gasteiger partial charge in [-0.2, -0.15) is 0 Å². The Labute approximate surface area is 181 Å². The molecule has 0 saturated heterocycles. The SMILES string of the molecule is CC1=C(C)C(C)(C)c2c(-c3cc(-c4c(C)cccc4C)ccn3)cccc2C1(C)C. The molecule has 0 fully saturated rings. The van der Waals surface area contributed by atoms with E-state index in [-0.39, 0.29) is 10.8 Å². The Balaban J connectivity index is 1.98. The molecule has 0 bridgehead atoms. The summed E-state index contributed by atoms with van der Waals surface area (Å²) in [6, 6.07) is 17.7. The molecule has 30 heavy (non-hydrogen) atoms. The highest BCUT2D eigenvalue weighted by Crippen LogP contribution is 2.51. The smallest absolute Gasteiger partial charge is 0.0711 e. The van der Waals surface area contributed by atoms with Gasteiger partial charge in [-0.1, -0.05) is 75.2 Å². The number of rotatable bonds is 2. The second-order valence-corrected chi connectivity index (χ2v) is 9.92. The monoisotopic (exact) mass is 395 g/mol. The van der Waals surface area contributed by atoms with Crippen LogP contribution in [0.4, 0.5) is 0 Å². The fourth-order valence-electron chi connectivity index (χ4n) is 5.29. The standard InChI is InChI=1S/C29H33N/c1-18-11-9-12-19(2)26(18)22-15-16-30-25(17-22)23-13-10-14-24-27(23)29(7,8)21(4)20(3)28(24,5)6/h9-17H,1-8H3. The Bertz CT molecular complexity index is 1150. The van der Waals surface area contributed by atoms with Crippen LogP contribution >= 0.6 is 0 Å². The first kappa shape index (κ1) is 20.6. The summed E-state index contributed by atoms with van der Waals surface area (Å²) in [6.07, 6.45) is 1.96. The van der Waals surface area contributed by atoms with Crippen molar-refractivity contribution in [3.63, 3.8) is 0 Å². The van der Waals surface area contributed by atoms with E-state index in [1.165, 1.54) is 50.1 Å². The second kappa shape index (κ2) is 6.94. The zero-order valence-electron chi connectivity index (χ0n) is 19.6. The maximum atomic E-state index is 4.84. The molecule has 154 valence electrons. The van der Waals surface area contributed by atoms with Crippen LogP contribution in [0.5, 0.6) is 0 Å². The number of benzene rings is 2. The first-order chi connectivity index (χ1) is 14.1. The molecule has 1 nitrogen and oxygen atoms in total. The Morgan fingerprint density at radius 3 is 1.97 bits per heavy atom. The van der Waals surface area contributed by atoms with Gasteiger partial charge in [-0.25, -0.2) is 0 Å². The largest absolute Gasteiger partial charge is 0.256 e. The molecule has 0 radical (unpaired) electrons. The van der Waals surface area contributed by atoms with Crippen LogP contribution in [0, 0.1) is 13.8 Å². The number of nitrogens with zero attached hydrogens (tertiary/aromatic N) is 1. The van der Waals surface area contributed by atoms with E-state index >= 15 is 0 Å². The van der Waals surface area contributed by atoms with Crippen molar-refractivity contribution in [1.29, 1.82) is 0 Å². The average Bonchev–Trinajstić information content (AvgIpc) is 2.71. The molecule has 1 heterocycles. The van der Waals surface area contributed by atoms with Gasteiger partial charge in [0.15, 0.2) is 0 Å². The van der Waals surface area contributed by atoms with Crippen LogP contribution in [0.25, 0.3) is 22.4 Å². The van der Waals surface area contributed by atoms with Gasteiger partial charge in [0.2, 0.25) is 0 Å². The Morgan fingerprint density at radius 1 is 0.700 bits per heavy atom. The van der Waals surface area contributed by atoms with E-state index in [1.54, 1.807) is 0 Å². The molecule has 0 saturated carbocycles. The summed E-state index contributed by atoms with van der Waals surface area (Å²) in [6.45, 7) is 18.4. The van der Waals surface area contributed by atoms with Crippen LogP contribution in [-0.2, 0) is 10.8 Å². The third kappa shape index (κ3) is 2.95. The van der Waals surface area contributed by atoms with Crippen LogP contribution in [-0.4, -0.2) is 4.98 Å². The molecule has 3 aromatic rings. The van der Waals surface area contributed by atoms with E-state index in [0.29, 0.717) is 0 Å². The quantitative estimate of drug-likeness (QED) is 0.401. The van der Waals surface area contributed by atoms with Crippen molar-refractivity contribution < 1.29 is 0 Å². The van der Waals surface area contributed by atoms with Gasteiger partial charge in [-0.3, -0.25) is 4.98 Å². The molecular weight excluding hydrogens is 362 g/mol. The molecule has 0 spiro atoms. The van der Waals surface area contributed by atoms with Crippen molar-refractivity contribution in [3.05, 3.63) is 88.1 Å². The van der Waals surface area contributed by atoms with Crippen LogP contribution in [0.2, 0.25) is 0 Å². The summed E-state index contributed by atoms with van der Waals surface area (Å²) in [7, 11) is 0. The summed E-state index contributed by atoms with van der Waals surface area (Å²) >= 11 is 0. The van der Waals surface area contributed by atoms with Gasteiger partial charge in [0.25, 0.3) is 0 Å². The first-order valence-corrected chi connectivity index (χ1v) is 10.9. The number of allylic oxidation sites excluding steroid dienone is 2. The maximum Gasteiger partial charge on any atom is 0.0711 e. The Morgan fingerprint density at radius 2 is 1.30 bits per heavy atom. The van der Waals surface area contributed by atoms with Crippen LogP contribution in [0.1, 0.15) is 63.8 Å². The fourth-order valence-corrected chi connectivity index (χ4v) is 5.29. The van der Waals surface area contributed by atoms with Gasteiger partial charge < -0.3 is 0 Å². The van der Waals surface area contributed by atoms with Crippen molar-refractivity contribution in [3.8, 4) is 22.4 Å². The van der Waals surface area contributed by atoms with Gasteiger partial charge in [-0.15, -0.1) is 0 Å². The van der Waals surface area contributed by atoms with Gasteiger partial charge in [0.05, 0.1) is 5.69 Å². The van der Waals surface area contributed by atoms with E-state index in [1.807, 2.05) is 6.20 Å². The lowest BCUT2D eigenvalue weighted by Crippen LogP contribution is -2.36. The maximum absolute atomic E-state index is 4.84. The van der Waals surface area contributed by atoms with Crippen molar-refractivity contribution in [2.75, 3.05) is 0 Å². The molecule has 4 rings (SSSR count). The van der Waals surface area contributed by atoms with Crippen LogP contribution in [0.15, 0.2) is 65.9 Å². The number of aromatic nitrogens is 1. The molecular formula is C29H33N. The number of hydrogen-bond acceptors (Lipinski definition) is 1. The zero-order chi connectivity index (χ0) is 21.8. The van der Waals surface area contributed by atoms with Crippen LogP contribution in [0.3, 0.4) is 0 Å². The van der Waals surface area contributed by atoms with Crippen molar-refractivity contribution >= 4 is 0 Å². The second-order valence-electron chi connectivity index (χ2n) is 9.92. The lowest BCUT2D eigenvalue weighted by atomic mass is 9.59. The fraction of sp³-hybridized carbons (Fsp3) is 0.345. The highest BCUT2D eigenvalue weighted by molar-refractivity contribution is 5.78. The van der Waals surface area contributed by atoms with Gasteiger partial charge in [0.1, 0.15) is 0 Å². The molecule has 0 aliphatic heterocycles. The average molecular weight is 396 g/mol. The summed E-state index contributed by atoms with van der Waals surface area (Å²) < 4.78 is 0. The highest BCUT2D eigenvalue weighted by atomic mass is 14.7. The summed E-state index contributed by atoms with van der Waals surface area (Å²) in [4.78, 5) is 4.84. The third-order valence-corrected chi connectivity index (χ3v) is 7.61. The minimum absolute atomic E-state index is 0.0230. The topological polar surface area (TPSA) is 12.9 Å². The van der Waals surface area contributed by atoms with E-state index in [4.69, 9.17) is 4.98 Å². The number of hydrogen-bond donors (Lipinski definition) is 0. The number of pyridine rings is 1. The normalized spacial score (nSPS) is 17.1. The highest BCUT2D eigenvalue weighted by Gasteiger charge is 2.41. The molecule has 0 unspecified atom stereocenters.